The van der Waals surface area contributed by atoms with Gasteiger partial charge in [-0.05, 0) is 43.0 Å². The summed E-state index contributed by atoms with van der Waals surface area (Å²) in [5.74, 6) is -1.19. The summed E-state index contributed by atoms with van der Waals surface area (Å²) in [5.41, 5.74) is 0.951. The zero-order valence-corrected chi connectivity index (χ0v) is 13.2. The predicted octanol–water partition coefficient (Wildman–Crippen LogP) is 2.75. The topological polar surface area (TPSA) is 58.2 Å². The van der Waals surface area contributed by atoms with Crippen LogP contribution < -0.4 is 10.6 Å². The van der Waals surface area contributed by atoms with Gasteiger partial charge in [0.05, 0.1) is 12.1 Å². The fraction of sp³-hybridized carbons (Fsp3) is 0.263. The molecule has 0 aromatic heterocycles. The summed E-state index contributed by atoms with van der Waals surface area (Å²) in [6.07, 6.45) is 2.84. The van der Waals surface area contributed by atoms with Gasteiger partial charge in [0.1, 0.15) is 5.82 Å². The Hall–Kier alpha value is -2.69. The Morgan fingerprint density at radius 1 is 1.04 bits per heavy atom. The van der Waals surface area contributed by atoms with Crippen LogP contribution >= 0.6 is 0 Å². The molecule has 2 aromatic rings. The standard InChI is InChI=1S/C19H19FN2O2/c20-16-9-4-6-14(12-16)18(24)21-13-17(23)22-19(10-5-11-19)15-7-2-1-3-8-15/h1-4,6-9,12H,5,10-11,13H2,(H,21,24)(H,22,23). The maximum absolute atomic E-state index is 13.1. The van der Waals surface area contributed by atoms with Crippen LogP contribution in [0.2, 0.25) is 0 Å². The molecule has 2 N–H and O–H groups in total. The first kappa shape index (κ1) is 16.2. The van der Waals surface area contributed by atoms with Gasteiger partial charge in [-0.3, -0.25) is 9.59 Å². The van der Waals surface area contributed by atoms with E-state index in [0.717, 1.165) is 30.9 Å². The van der Waals surface area contributed by atoms with Gasteiger partial charge >= 0.3 is 0 Å². The second-order valence-corrected chi connectivity index (χ2v) is 6.04. The van der Waals surface area contributed by atoms with Gasteiger partial charge in [-0.25, -0.2) is 4.39 Å². The lowest BCUT2D eigenvalue weighted by Crippen LogP contribution is -2.53. The maximum Gasteiger partial charge on any atom is 0.251 e. The number of rotatable bonds is 5. The molecular formula is C19H19FN2O2. The SMILES string of the molecule is O=C(CNC(=O)c1cccc(F)c1)NC1(c2ccccc2)CCC1. The number of amides is 2. The summed E-state index contributed by atoms with van der Waals surface area (Å²) in [6.45, 7) is -0.135. The number of carbonyl (C=O) groups is 2. The normalized spacial score (nSPS) is 15.2. The molecule has 1 fully saturated rings. The highest BCUT2D eigenvalue weighted by molar-refractivity contribution is 5.96. The molecule has 0 spiro atoms. The lowest BCUT2D eigenvalue weighted by atomic mass is 9.72. The van der Waals surface area contributed by atoms with Crippen LogP contribution in [0, 0.1) is 5.82 Å². The van der Waals surface area contributed by atoms with E-state index in [1.807, 2.05) is 30.3 Å². The van der Waals surface area contributed by atoms with Crippen LogP contribution in [0.1, 0.15) is 35.2 Å². The second kappa shape index (κ2) is 6.83. The van der Waals surface area contributed by atoms with Gasteiger partial charge in [0.2, 0.25) is 5.91 Å². The zero-order valence-electron chi connectivity index (χ0n) is 13.2. The molecule has 4 nitrogen and oxygen atoms in total. The highest BCUT2D eigenvalue weighted by Gasteiger charge is 2.39. The summed E-state index contributed by atoms with van der Waals surface area (Å²) in [6, 6.07) is 15.2. The third kappa shape index (κ3) is 3.45. The van der Waals surface area contributed by atoms with Crippen molar-refractivity contribution >= 4 is 11.8 Å². The summed E-state index contributed by atoms with van der Waals surface area (Å²) in [4.78, 5) is 24.2. The molecule has 124 valence electrons. The first-order chi connectivity index (χ1) is 11.6. The minimum Gasteiger partial charge on any atom is -0.345 e. The van der Waals surface area contributed by atoms with Crippen molar-refractivity contribution < 1.29 is 14.0 Å². The number of halogens is 1. The van der Waals surface area contributed by atoms with E-state index in [4.69, 9.17) is 0 Å². The van der Waals surface area contributed by atoms with Crippen molar-refractivity contribution in [2.75, 3.05) is 6.54 Å². The lowest BCUT2D eigenvalue weighted by Gasteiger charge is -2.43. The Balaban J connectivity index is 1.58. The van der Waals surface area contributed by atoms with Crippen LogP contribution in [0.3, 0.4) is 0 Å². The maximum atomic E-state index is 13.1. The first-order valence-corrected chi connectivity index (χ1v) is 7.99. The molecule has 0 saturated heterocycles. The summed E-state index contributed by atoms with van der Waals surface area (Å²) >= 11 is 0. The first-order valence-electron chi connectivity index (χ1n) is 7.99. The van der Waals surface area contributed by atoms with E-state index >= 15 is 0 Å². The van der Waals surface area contributed by atoms with Crippen LogP contribution in [0.4, 0.5) is 4.39 Å². The van der Waals surface area contributed by atoms with Gasteiger partial charge in [0, 0.05) is 5.56 Å². The summed E-state index contributed by atoms with van der Waals surface area (Å²) in [7, 11) is 0. The van der Waals surface area contributed by atoms with Crippen molar-refractivity contribution in [1.82, 2.24) is 10.6 Å². The van der Waals surface area contributed by atoms with E-state index in [2.05, 4.69) is 10.6 Å². The van der Waals surface area contributed by atoms with Gasteiger partial charge in [-0.1, -0.05) is 36.4 Å². The summed E-state index contributed by atoms with van der Waals surface area (Å²) in [5, 5.41) is 5.57. The lowest BCUT2D eigenvalue weighted by molar-refractivity contribution is -0.123. The van der Waals surface area contributed by atoms with Crippen molar-refractivity contribution in [3.05, 3.63) is 71.5 Å². The van der Waals surface area contributed by atoms with Gasteiger partial charge in [0.25, 0.3) is 5.91 Å². The fourth-order valence-electron chi connectivity index (χ4n) is 2.98. The highest BCUT2D eigenvalue weighted by atomic mass is 19.1. The predicted molar refractivity (Wildman–Crippen MR) is 88.8 cm³/mol. The van der Waals surface area contributed by atoms with Crippen molar-refractivity contribution in [3.8, 4) is 0 Å². The van der Waals surface area contributed by atoms with Crippen molar-refractivity contribution in [3.63, 3.8) is 0 Å². The van der Waals surface area contributed by atoms with Crippen LogP contribution in [-0.4, -0.2) is 18.4 Å². The molecule has 2 aromatic carbocycles. The molecule has 2 amide bonds. The zero-order chi connectivity index (χ0) is 17.0. The van der Waals surface area contributed by atoms with Crippen molar-refractivity contribution in [1.29, 1.82) is 0 Å². The molecule has 1 saturated carbocycles. The third-order valence-corrected chi connectivity index (χ3v) is 4.41. The Kier molecular flexibility index (Phi) is 4.60. The number of benzene rings is 2. The summed E-state index contributed by atoms with van der Waals surface area (Å²) < 4.78 is 13.1. The van der Waals surface area contributed by atoms with Gasteiger partial charge < -0.3 is 10.6 Å². The van der Waals surface area contributed by atoms with E-state index in [9.17, 15) is 14.0 Å². The number of carbonyl (C=O) groups excluding carboxylic acids is 2. The minimum absolute atomic E-state index is 0.135. The third-order valence-electron chi connectivity index (χ3n) is 4.41. The second-order valence-electron chi connectivity index (χ2n) is 6.04. The Morgan fingerprint density at radius 2 is 1.79 bits per heavy atom. The molecule has 24 heavy (non-hydrogen) atoms. The quantitative estimate of drug-likeness (QED) is 0.887. The van der Waals surface area contributed by atoms with Gasteiger partial charge in [-0.2, -0.15) is 0 Å². The largest absolute Gasteiger partial charge is 0.345 e. The van der Waals surface area contributed by atoms with Crippen LogP contribution in [0.5, 0.6) is 0 Å². The number of hydrogen-bond acceptors (Lipinski definition) is 2. The molecule has 5 heteroatoms. The molecular weight excluding hydrogens is 307 g/mol. The molecule has 1 aliphatic carbocycles. The average Bonchev–Trinajstić information content (AvgIpc) is 2.57. The van der Waals surface area contributed by atoms with E-state index in [1.165, 1.54) is 18.2 Å². The molecule has 0 heterocycles. The monoisotopic (exact) mass is 326 g/mol. The molecule has 0 atom stereocenters. The van der Waals surface area contributed by atoms with Gasteiger partial charge in [-0.15, -0.1) is 0 Å². The molecule has 0 radical (unpaired) electrons. The average molecular weight is 326 g/mol. The van der Waals surface area contributed by atoms with Crippen molar-refractivity contribution in [2.45, 2.75) is 24.8 Å². The van der Waals surface area contributed by atoms with Crippen LogP contribution in [-0.2, 0) is 10.3 Å². The number of hydrogen-bond donors (Lipinski definition) is 2. The molecule has 0 aliphatic heterocycles. The van der Waals surface area contributed by atoms with Crippen LogP contribution in [0.15, 0.2) is 54.6 Å². The van der Waals surface area contributed by atoms with E-state index in [0.29, 0.717) is 0 Å². The Morgan fingerprint density at radius 3 is 2.42 bits per heavy atom. The fourth-order valence-corrected chi connectivity index (χ4v) is 2.98. The minimum atomic E-state index is -0.482. The van der Waals surface area contributed by atoms with Gasteiger partial charge in [0.15, 0.2) is 0 Å². The van der Waals surface area contributed by atoms with Crippen molar-refractivity contribution in [2.24, 2.45) is 0 Å². The van der Waals surface area contributed by atoms with E-state index < -0.39 is 11.7 Å². The molecule has 0 bridgehead atoms. The smallest absolute Gasteiger partial charge is 0.251 e. The highest BCUT2D eigenvalue weighted by Crippen LogP contribution is 2.40. The molecule has 1 aliphatic rings. The molecule has 0 unspecified atom stereocenters. The Bertz CT molecular complexity index is 742. The Labute approximate surface area is 140 Å². The van der Waals surface area contributed by atoms with Crippen LogP contribution in [0.25, 0.3) is 0 Å². The number of nitrogens with one attached hydrogen (secondary N) is 2. The van der Waals surface area contributed by atoms with E-state index in [-0.39, 0.29) is 23.6 Å². The van der Waals surface area contributed by atoms with E-state index in [1.54, 1.807) is 0 Å². The molecule has 3 rings (SSSR count).